The molecule has 2 aliphatic heterocycles. The molecule has 2 aromatic rings. The van der Waals surface area contributed by atoms with Gasteiger partial charge >= 0.3 is 18.2 Å². The Hall–Kier alpha value is -3.02. The summed E-state index contributed by atoms with van der Waals surface area (Å²) in [7, 11) is 1.94. The summed E-state index contributed by atoms with van der Waals surface area (Å²) in [5.74, 6) is -0.455. The maximum absolute atomic E-state index is 12.3. The minimum atomic E-state index is -4.70. The zero-order valence-electron chi connectivity index (χ0n) is 17.7. The molecule has 1 atom stereocenters. The Bertz CT molecular complexity index is 947. The Morgan fingerprint density at radius 3 is 2.53 bits per heavy atom. The number of benzene rings is 1. The summed E-state index contributed by atoms with van der Waals surface area (Å²) in [6.45, 7) is 4.81. The fraction of sp³-hybridized carbons (Fsp3) is 0.550. The molecule has 9 nitrogen and oxygen atoms in total. The van der Waals surface area contributed by atoms with Crippen LogP contribution in [0.5, 0.6) is 11.8 Å². The van der Waals surface area contributed by atoms with Crippen LogP contribution in [0, 0.1) is 10.1 Å². The summed E-state index contributed by atoms with van der Waals surface area (Å²) < 4.78 is 48.5. The monoisotopic (exact) mass is 455 g/mol. The van der Waals surface area contributed by atoms with Crippen molar-refractivity contribution in [3.05, 3.63) is 40.6 Å². The molecule has 0 bridgehead atoms. The number of halogens is 3. The summed E-state index contributed by atoms with van der Waals surface area (Å²) in [6.07, 6.45) is -1.52. The number of anilines is 1. The number of nitrogens with zero attached hydrogens (tertiary/aromatic N) is 5. The van der Waals surface area contributed by atoms with E-state index >= 15 is 0 Å². The van der Waals surface area contributed by atoms with Crippen LogP contribution in [0.1, 0.15) is 19.8 Å². The third kappa shape index (κ3) is 4.90. The highest BCUT2D eigenvalue weighted by atomic mass is 19.4. The number of nitro groups is 1. The van der Waals surface area contributed by atoms with Crippen LogP contribution >= 0.6 is 0 Å². The number of ether oxygens (including phenoxy) is 2. The molecule has 2 aliphatic rings. The number of likely N-dealkylation sites (tertiary alicyclic amines) is 1. The third-order valence-corrected chi connectivity index (χ3v) is 5.90. The molecule has 0 spiro atoms. The van der Waals surface area contributed by atoms with Crippen molar-refractivity contribution in [2.24, 2.45) is 0 Å². The highest BCUT2D eigenvalue weighted by Gasteiger charge is 2.42. The molecule has 1 fully saturated rings. The third-order valence-electron chi connectivity index (χ3n) is 5.90. The lowest BCUT2D eigenvalue weighted by Crippen LogP contribution is -2.50. The van der Waals surface area contributed by atoms with Gasteiger partial charge in [-0.2, -0.15) is 0 Å². The van der Waals surface area contributed by atoms with Crippen molar-refractivity contribution in [1.29, 1.82) is 0 Å². The van der Waals surface area contributed by atoms with Gasteiger partial charge in [0, 0.05) is 43.4 Å². The van der Waals surface area contributed by atoms with Gasteiger partial charge in [-0.1, -0.05) is 0 Å². The van der Waals surface area contributed by atoms with E-state index in [9.17, 15) is 23.3 Å². The van der Waals surface area contributed by atoms with E-state index in [1.54, 1.807) is 16.7 Å². The molecule has 3 heterocycles. The standard InChI is InChI=1S/C20H24F3N5O4/c1-19(13-27-11-17(28(29)30)24-18(27)32-19)12-26-9-7-15(8-10-26)25(2)14-3-5-16(6-4-14)31-20(21,22)23/h3-6,11,15H,7-10,12-13H2,1-2H3/t19-/m0/s1. The lowest BCUT2D eigenvalue weighted by atomic mass is 10.00. The second-order valence-corrected chi connectivity index (χ2v) is 8.48. The number of piperidine rings is 1. The van der Waals surface area contributed by atoms with E-state index in [1.165, 1.54) is 18.3 Å². The van der Waals surface area contributed by atoms with Crippen molar-refractivity contribution in [2.45, 2.75) is 44.3 Å². The number of fused-ring (bicyclic) bond motifs is 1. The molecule has 1 aromatic carbocycles. The van der Waals surface area contributed by atoms with Crippen LogP contribution in [-0.2, 0) is 6.54 Å². The van der Waals surface area contributed by atoms with Gasteiger partial charge in [-0.15, -0.1) is 13.2 Å². The molecule has 12 heteroatoms. The smallest absolute Gasteiger partial charge is 0.436 e. The maximum atomic E-state index is 12.3. The van der Waals surface area contributed by atoms with Crippen LogP contribution < -0.4 is 14.4 Å². The van der Waals surface area contributed by atoms with Gasteiger partial charge in [0.15, 0.2) is 0 Å². The average molecular weight is 455 g/mol. The quantitative estimate of drug-likeness (QED) is 0.487. The molecular weight excluding hydrogens is 431 g/mol. The van der Waals surface area contributed by atoms with Crippen LogP contribution in [0.4, 0.5) is 24.7 Å². The van der Waals surface area contributed by atoms with Crippen LogP contribution in [0.2, 0.25) is 0 Å². The van der Waals surface area contributed by atoms with Crippen molar-refractivity contribution in [2.75, 3.05) is 31.6 Å². The Labute approximate surface area is 182 Å². The summed E-state index contributed by atoms with van der Waals surface area (Å²) in [6, 6.07) is 6.42. The SMILES string of the molecule is CN(c1ccc(OC(F)(F)F)cc1)C1CCN(C[C@@]2(C)Cn3cc([N+](=O)[O-])nc3O2)CC1. The predicted octanol–water partition coefficient (Wildman–Crippen LogP) is 3.44. The van der Waals surface area contributed by atoms with Crippen LogP contribution in [-0.4, -0.2) is 64.1 Å². The van der Waals surface area contributed by atoms with Gasteiger partial charge in [0.25, 0.3) is 0 Å². The molecule has 0 radical (unpaired) electrons. The van der Waals surface area contributed by atoms with Crippen molar-refractivity contribution < 1.29 is 27.6 Å². The summed E-state index contributed by atoms with van der Waals surface area (Å²) >= 11 is 0. The fourth-order valence-corrected chi connectivity index (χ4v) is 4.40. The molecule has 174 valence electrons. The number of rotatable bonds is 6. The van der Waals surface area contributed by atoms with Crippen molar-refractivity contribution in [1.82, 2.24) is 14.5 Å². The maximum Gasteiger partial charge on any atom is 0.573 e. The van der Waals surface area contributed by atoms with Gasteiger partial charge in [0.05, 0.1) is 6.54 Å². The molecular formula is C20H24F3N5O4. The van der Waals surface area contributed by atoms with Crippen molar-refractivity contribution in [3.63, 3.8) is 0 Å². The fourth-order valence-electron chi connectivity index (χ4n) is 4.40. The Kier molecular flexibility index (Phi) is 5.65. The number of alkyl halides is 3. The number of hydrogen-bond acceptors (Lipinski definition) is 7. The Balaban J connectivity index is 1.28. The highest BCUT2D eigenvalue weighted by Crippen LogP contribution is 2.33. The molecule has 32 heavy (non-hydrogen) atoms. The van der Waals surface area contributed by atoms with Gasteiger partial charge in [-0.25, -0.2) is 0 Å². The summed E-state index contributed by atoms with van der Waals surface area (Å²) in [4.78, 5) is 18.6. The van der Waals surface area contributed by atoms with E-state index in [0.29, 0.717) is 13.1 Å². The molecule has 1 saturated heterocycles. The van der Waals surface area contributed by atoms with Crippen molar-refractivity contribution in [3.8, 4) is 11.8 Å². The molecule has 1 aromatic heterocycles. The first-order chi connectivity index (χ1) is 15.0. The number of hydrogen-bond donors (Lipinski definition) is 0. The lowest BCUT2D eigenvalue weighted by molar-refractivity contribution is -0.389. The lowest BCUT2D eigenvalue weighted by Gasteiger charge is -2.40. The molecule has 0 aliphatic carbocycles. The zero-order chi connectivity index (χ0) is 23.1. The molecule has 0 amide bonds. The van der Waals surface area contributed by atoms with Gasteiger partial charge in [-0.05, 0) is 49.0 Å². The van der Waals surface area contributed by atoms with E-state index in [-0.39, 0.29) is 23.6 Å². The molecule has 0 saturated carbocycles. The second kappa shape index (κ2) is 8.15. The zero-order valence-corrected chi connectivity index (χ0v) is 17.7. The van der Waals surface area contributed by atoms with Gasteiger partial charge in [0.1, 0.15) is 17.5 Å². The predicted molar refractivity (Wildman–Crippen MR) is 109 cm³/mol. The first-order valence-electron chi connectivity index (χ1n) is 10.2. The van der Waals surface area contributed by atoms with Crippen LogP contribution in [0.3, 0.4) is 0 Å². The van der Waals surface area contributed by atoms with E-state index in [1.807, 2.05) is 14.0 Å². The number of imidazole rings is 1. The van der Waals surface area contributed by atoms with E-state index in [4.69, 9.17) is 4.74 Å². The molecule has 0 unspecified atom stereocenters. The normalized spacial score (nSPS) is 21.8. The first kappa shape index (κ1) is 22.2. The Morgan fingerprint density at radius 2 is 1.97 bits per heavy atom. The van der Waals surface area contributed by atoms with Crippen LogP contribution in [0.15, 0.2) is 30.5 Å². The highest BCUT2D eigenvalue weighted by molar-refractivity contribution is 5.49. The Morgan fingerprint density at radius 1 is 1.31 bits per heavy atom. The minimum absolute atomic E-state index is 0.219. The summed E-state index contributed by atoms with van der Waals surface area (Å²) in [5, 5.41) is 10.9. The molecule has 4 rings (SSSR count). The minimum Gasteiger partial charge on any atom is -0.436 e. The second-order valence-electron chi connectivity index (χ2n) is 8.48. The first-order valence-corrected chi connectivity index (χ1v) is 10.2. The van der Waals surface area contributed by atoms with Gasteiger partial charge in [-0.3, -0.25) is 9.47 Å². The van der Waals surface area contributed by atoms with Crippen LogP contribution in [0.25, 0.3) is 0 Å². The van der Waals surface area contributed by atoms with E-state index in [2.05, 4.69) is 19.5 Å². The van der Waals surface area contributed by atoms with E-state index in [0.717, 1.165) is 31.6 Å². The van der Waals surface area contributed by atoms with Gasteiger partial charge in [0.2, 0.25) is 0 Å². The van der Waals surface area contributed by atoms with E-state index < -0.39 is 16.9 Å². The van der Waals surface area contributed by atoms with Crippen molar-refractivity contribution >= 4 is 11.5 Å². The summed E-state index contributed by atoms with van der Waals surface area (Å²) in [5.41, 5.74) is 0.320. The topological polar surface area (TPSA) is 85.9 Å². The average Bonchev–Trinajstić information content (AvgIpc) is 3.22. The number of aromatic nitrogens is 2. The largest absolute Gasteiger partial charge is 0.573 e. The molecule has 0 N–H and O–H groups in total. The van der Waals surface area contributed by atoms with Gasteiger partial charge < -0.3 is 24.5 Å².